The van der Waals surface area contributed by atoms with Gasteiger partial charge in [0.1, 0.15) is 6.61 Å². The van der Waals surface area contributed by atoms with Crippen LogP contribution in [-0.2, 0) is 11.4 Å². The molecule has 0 saturated carbocycles. The number of carbonyl (C=O) groups is 1. The van der Waals surface area contributed by atoms with Crippen LogP contribution in [0.2, 0.25) is 0 Å². The largest absolute Gasteiger partial charge is 0.493 e. The predicted molar refractivity (Wildman–Crippen MR) is 119 cm³/mol. The first kappa shape index (κ1) is 20.9. The van der Waals surface area contributed by atoms with Gasteiger partial charge in [-0.05, 0) is 48.4 Å². The Morgan fingerprint density at radius 3 is 2.50 bits per heavy atom. The second kappa shape index (κ2) is 10.7. The molecule has 3 rings (SSSR count). The van der Waals surface area contributed by atoms with Gasteiger partial charge >= 0.3 is 0 Å². The molecule has 30 heavy (non-hydrogen) atoms. The van der Waals surface area contributed by atoms with Crippen LogP contribution in [-0.4, -0.2) is 25.8 Å². The molecule has 0 unspecified atom stereocenters. The second-order valence-electron chi connectivity index (χ2n) is 6.70. The first-order chi connectivity index (χ1) is 14.6. The maximum atomic E-state index is 12.0. The second-order valence-corrected chi connectivity index (χ2v) is 6.70. The molecule has 0 aliphatic carbocycles. The van der Waals surface area contributed by atoms with Crippen LogP contribution in [0.3, 0.4) is 0 Å². The van der Waals surface area contributed by atoms with Crippen LogP contribution in [0.4, 0.5) is 5.69 Å². The maximum Gasteiger partial charge on any atom is 0.259 e. The normalized spacial score (nSPS) is 10.6. The van der Waals surface area contributed by atoms with Crippen molar-refractivity contribution in [3.63, 3.8) is 0 Å². The lowest BCUT2D eigenvalue weighted by Gasteiger charge is -2.11. The van der Waals surface area contributed by atoms with Crippen LogP contribution >= 0.6 is 0 Å². The van der Waals surface area contributed by atoms with Crippen LogP contribution in [0.1, 0.15) is 16.7 Å². The molecule has 3 aromatic carbocycles. The van der Waals surface area contributed by atoms with Gasteiger partial charge in [0.25, 0.3) is 5.91 Å². The van der Waals surface area contributed by atoms with Crippen molar-refractivity contribution in [3.05, 3.63) is 89.5 Å². The number of hydrazone groups is 1. The van der Waals surface area contributed by atoms with Gasteiger partial charge in [0.2, 0.25) is 0 Å². The topological polar surface area (TPSA) is 72.0 Å². The third-order valence-electron chi connectivity index (χ3n) is 4.33. The number of aryl methyl sites for hydroxylation is 1. The highest BCUT2D eigenvalue weighted by Crippen LogP contribution is 2.28. The van der Waals surface area contributed by atoms with Crippen molar-refractivity contribution in [1.82, 2.24) is 5.43 Å². The molecular formula is C24H25N3O3. The quantitative estimate of drug-likeness (QED) is 0.416. The number of amides is 1. The van der Waals surface area contributed by atoms with E-state index in [-0.39, 0.29) is 12.5 Å². The Balaban J connectivity index is 1.54. The van der Waals surface area contributed by atoms with Crippen molar-refractivity contribution in [2.45, 2.75) is 13.5 Å². The first-order valence-corrected chi connectivity index (χ1v) is 9.61. The fourth-order valence-electron chi connectivity index (χ4n) is 2.69. The SMILES string of the molecule is COc1ccc(/C=N\NC(=O)CNc2ccc(C)cc2)cc1OCc1ccccc1. The molecule has 0 spiro atoms. The molecule has 0 aliphatic rings. The van der Waals surface area contributed by atoms with E-state index < -0.39 is 0 Å². The summed E-state index contributed by atoms with van der Waals surface area (Å²) in [6.45, 7) is 2.58. The summed E-state index contributed by atoms with van der Waals surface area (Å²) in [7, 11) is 1.60. The Morgan fingerprint density at radius 1 is 1.00 bits per heavy atom. The van der Waals surface area contributed by atoms with Gasteiger partial charge in [-0.15, -0.1) is 0 Å². The van der Waals surface area contributed by atoms with Gasteiger partial charge < -0.3 is 14.8 Å². The molecule has 1 amide bonds. The molecule has 0 aromatic heterocycles. The number of benzene rings is 3. The van der Waals surface area contributed by atoms with E-state index in [1.54, 1.807) is 13.3 Å². The highest BCUT2D eigenvalue weighted by Gasteiger charge is 2.06. The summed E-state index contributed by atoms with van der Waals surface area (Å²) < 4.78 is 11.3. The summed E-state index contributed by atoms with van der Waals surface area (Å²) in [6.07, 6.45) is 1.57. The Bertz CT molecular complexity index is 986. The van der Waals surface area contributed by atoms with E-state index in [2.05, 4.69) is 15.8 Å². The lowest BCUT2D eigenvalue weighted by atomic mass is 10.2. The number of ether oxygens (including phenoxy) is 2. The molecule has 0 fully saturated rings. The number of nitrogens with one attached hydrogen (secondary N) is 2. The summed E-state index contributed by atoms with van der Waals surface area (Å²) in [5, 5.41) is 7.08. The minimum atomic E-state index is -0.235. The molecular weight excluding hydrogens is 378 g/mol. The molecule has 2 N–H and O–H groups in total. The Kier molecular flexibility index (Phi) is 7.44. The van der Waals surface area contributed by atoms with E-state index in [0.717, 1.165) is 16.8 Å². The lowest BCUT2D eigenvalue weighted by Crippen LogP contribution is -2.25. The van der Waals surface area contributed by atoms with E-state index in [4.69, 9.17) is 9.47 Å². The Hall–Kier alpha value is -3.80. The standard InChI is InChI=1S/C24H25N3O3/c1-18-8-11-21(12-9-18)25-16-24(28)27-26-15-20-10-13-22(29-2)23(14-20)30-17-19-6-4-3-5-7-19/h3-15,25H,16-17H2,1-2H3,(H,27,28)/b26-15-. The number of hydrogen-bond acceptors (Lipinski definition) is 5. The number of rotatable bonds is 9. The summed E-state index contributed by atoms with van der Waals surface area (Å²) in [4.78, 5) is 12.0. The van der Waals surface area contributed by atoms with E-state index in [1.165, 1.54) is 5.56 Å². The maximum absolute atomic E-state index is 12.0. The average Bonchev–Trinajstić information content (AvgIpc) is 2.78. The van der Waals surface area contributed by atoms with Crippen molar-refractivity contribution >= 4 is 17.8 Å². The van der Waals surface area contributed by atoms with Crippen LogP contribution in [0.15, 0.2) is 77.9 Å². The van der Waals surface area contributed by atoms with Crippen LogP contribution in [0.25, 0.3) is 0 Å². The molecule has 0 saturated heterocycles. The van der Waals surface area contributed by atoms with Gasteiger partial charge in [-0.3, -0.25) is 4.79 Å². The molecule has 154 valence electrons. The van der Waals surface area contributed by atoms with Crippen molar-refractivity contribution < 1.29 is 14.3 Å². The number of methoxy groups -OCH3 is 1. The van der Waals surface area contributed by atoms with Crippen molar-refractivity contribution in [2.75, 3.05) is 19.0 Å². The minimum absolute atomic E-state index is 0.133. The van der Waals surface area contributed by atoms with Crippen LogP contribution < -0.4 is 20.2 Å². The summed E-state index contributed by atoms with van der Waals surface area (Å²) >= 11 is 0. The summed E-state index contributed by atoms with van der Waals surface area (Å²) in [5.74, 6) is 1.01. The monoisotopic (exact) mass is 403 g/mol. The third-order valence-corrected chi connectivity index (χ3v) is 4.33. The zero-order chi connectivity index (χ0) is 21.2. The van der Waals surface area contributed by atoms with Crippen molar-refractivity contribution in [3.8, 4) is 11.5 Å². The van der Waals surface area contributed by atoms with E-state index >= 15 is 0 Å². The van der Waals surface area contributed by atoms with Gasteiger partial charge in [-0.2, -0.15) is 5.10 Å². The van der Waals surface area contributed by atoms with E-state index in [1.807, 2.05) is 79.7 Å². The number of anilines is 1. The number of carbonyl (C=O) groups excluding carboxylic acids is 1. The molecule has 0 heterocycles. The molecule has 3 aromatic rings. The summed E-state index contributed by atoms with van der Waals surface area (Å²) in [6, 6.07) is 23.2. The van der Waals surface area contributed by atoms with Crippen molar-refractivity contribution in [1.29, 1.82) is 0 Å². The fraction of sp³-hybridized carbons (Fsp3) is 0.167. The Labute approximate surface area is 176 Å². The molecule has 0 bridgehead atoms. The highest BCUT2D eigenvalue weighted by molar-refractivity contribution is 5.84. The molecule has 6 nitrogen and oxygen atoms in total. The first-order valence-electron chi connectivity index (χ1n) is 9.61. The van der Waals surface area contributed by atoms with Gasteiger partial charge in [0, 0.05) is 5.69 Å². The number of hydrogen-bond donors (Lipinski definition) is 2. The van der Waals surface area contributed by atoms with Gasteiger partial charge in [0.05, 0.1) is 19.9 Å². The lowest BCUT2D eigenvalue weighted by molar-refractivity contribution is -0.119. The van der Waals surface area contributed by atoms with Crippen molar-refractivity contribution in [2.24, 2.45) is 5.10 Å². The highest BCUT2D eigenvalue weighted by atomic mass is 16.5. The van der Waals surface area contributed by atoms with E-state index in [9.17, 15) is 4.79 Å². The molecule has 0 atom stereocenters. The number of nitrogens with zero attached hydrogens (tertiary/aromatic N) is 1. The van der Waals surface area contributed by atoms with Crippen LogP contribution in [0.5, 0.6) is 11.5 Å². The van der Waals surface area contributed by atoms with Crippen LogP contribution in [0, 0.1) is 6.92 Å². The zero-order valence-corrected chi connectivity index (χ0v) is 17.1. The minimum Gasteiger partial charge on any atom is -0.493 e. The van der Waals surface area contributed by atoms with Gasteiger partial charge in [0.15, 0.2) is 11.5 Å². The molecule has 0 radical (unpaired) electrons. The molecule has 6 heteroatoms. The predicted octanol–water partition coefficient (Wildman–Crippen LogP) is 4.14. The average molecular weight is 403 g/mol. The Morgan fingerprint density at radius 2 is 1.77 bits per heavy atom. The smallest absolute Gasteiger partial charge is 0.259 e. The zero-order valence-electron chi connectivity index (χ0n) is 17.1. The van der Waals surface area contributed by atoms with Gasteiger partial charge in [-0.25, -0.2) is 5.43 Å². The van der Waals surface area contributed by atoms with Gasteiger partial charge in [-0.1, -0.05) is 48.0 Å². The summed E-state index contributed by atoms with van der Waals surface area (Å²) in [5.41, 5.74) is 6.41. The third kappa shape index (κ3) is 6.38. The molecule has 0 aliphatic heterocycles. The van der Waals surface area contributed by atoms with E-state index in [0.29, 0.717) is 18.1 Å². The fourth-order valence-corrected chi connectivity index (χ4v) is 2.69.